The van der Waals surface area contributed by atoms with Crippen LogP contribution < -0.4 is 0 Å². The lowest BCUT2D eigenvalue weighted by Crippen LogP contribution is -1.82. The Morgan fingerprint density at radius 3 is 1.94 bits per heavy atom. The quantitative estimate of drug-likeness (QED) is 0.218. The molecule has 35 heavy (non-hydrogen) atoms. The van der Waals surface area contributed by atoms with Crippen LogP contribution in [-0.4, -0.2) is 25.3 Å². The fourth-order valence-electron chi connectivity index (χ4n) is 3.63. The summed E-state index contributed by atoms with van der Waals surface area (Å²) in [5, 5.41) is 33.8. The van der Waals surface area contributed by atoms with Gasteiger partial charge in [0.2, 0.25) is 0 Å². The topological polar surface area (TPSA) is 86.5 Å². The Balaban J connectivity index is 0.000000192. The first-order chi connectivity index (χ1) is 17.1. The van der Waals surface area contributed by atoms with Gasteiger partial charge in [-0.1, -0.05) is 59.3 Å². The fraction of sp³-hybridized carbons (Fsp3) is 0. The van der Waals surface area contributed by atoms with Crippen LogP contribution in [0, 0.1) is 0 Å². The number of para-hydroxylation sites is 2. The van der Waals surface area contributed by atoms with Crippen LogP contribution >= 0.6 is 21.6 Å². The maximum Gasteiger partial charge on any atom is 0.141 e. The van der Waals surface area contributed by atoms with Crippen LogP contribution in [0.2, 0.25) is 0 Å². The zero-order valence-corrected chi connectivity index (χ0v) is 20.0. The fourth-order valence-corrected chi connectivity index (χ4v) is 5.48. The van der Waals surface area contributed by atoms with Crippen LogP contribution in [0.4, 0.5) is 0 Å². The molecule has 0 amide bonds. The first kappa shape index (κ1) is 22.8. The van der Waals surface area contributed by atoms with Crippen molar-refractivity contribution in [1.82, 2.24) is 9.97 Å². The van der Waals surface area contributed by atoms with Gasteiger partial charge in [-0.3, -0.25) is 4.98 Å². The molecule has 0 aliphatic carbocycles. The molecule has 0 saturated carbocycles. The second-order valence-corrected chi connectivity index (χ2v) is 9.90. The highest BCUT2D eigenvalue weighted by Crippen LogP contribution is 2.39. The summed E-state index contributed by atoms with van der Waals surface area (Å²) in [4.78, 5) is 9.58. The van der Waals surface area contributed by atoms with Gasteiger partial charge in [0, 0.05) is 27.3 Å². The van der Waals surface area contributed by atoms with Gasteiger partial charge in [-0.05, 0) is 64.7 Å². The predicted octanol–water partition coefficient (Wildman–Crippen LogP) is 7.54. The van der Waals surface area contributed by atoms with Crippen molar-refractivity contribution in [1.29, 1.82) is 0 Å². The molecule has 6 rings (SSSR count). The lowest BCUT2D eigenvalue weighted by atomic mass is 10.1. The number of hydrogen-bond acceptors (Lipinski definition) is 7. The number of rotatable bonds is 3. The summed E-state index contributed by atoms with van der Waals surface area (Å²) >= 11 is 0. The third kappa shape index (κ3) is 5.11. The van der Waals surface area contributed by atoms with Crippen LogP contribution in [0.1, 0.15) is 0 Å². The van der Waals surface area contributed by atoms with Gasteiger partial charge in [-0.2, -0.15) is 0 Å². The van der Waals surface area contributed by atoms with Crippen molar-refractivity contribution in [3.63, 3.8) is 0 Å². The smallest absolute Gasteiger partial charge is 0.141 e. The molecule has 5 nitrogen and oxygen atoms in total. The maximum absolute atomic E-state index is 9.97. The minimum Gasteiger partial charge on any atom is -0.507 e. The van der Waals surface area contributed by atoms with Crippen LogP contribution in [0.3, 0.4) is 0 Å². The third-order valence-electron chi connectivity index (χ3n) is 5.34. The van der Waals surface area contributed by atoms with Crippen LogP contribution in [0.25, 0.3) is 32.6 Å². The standard InChI is InChI=1S/C19H13NO2S2.C9H7NO/c21-16-5-1-3-12-7-9-14(11-15(12)16)23-24-18-10-8-13-4-2-6-17(22)19(13)20-18;11-8-5-1-3-7-4-2-6-10-9(7)8/h1-11,21-22H;1-6,11H. The highest BCUT2D eigenvalue weighted by Gasteiger charge is 2.06. The van der Waals surface area contributed by atoms with E-state index in [2.05, 4.69) is 9.97 Å². The number of phenols is 3. The number of nitrogens with zero attached hydrogens (tertiary/aromatic N) is 2. The molecule has 0 spiro atoms. The lowest BCUT2D eigenvalue weighted by Gasteiger charge is -2.06. The van der Waals surface area contributed by atoms with E-state index >= 15 is 0 Å². The minimum atomic E-state index is 0.190. The summed E-state index contributed by atoms with van der Waals surface area (Å²) < 4.78 is 0. The zero-order chi connectivity index (χ0) is 24.2. The van der Waals surface area contributed by atoms with Crippen LogP contribution in [-0.2, 0) is 0 Å². The lowest BCUT2D eigenvalue weighted by molar-refractivity contribution is 0.479. The van der Waals surface area contributed by atoms with Gasteiger partial charge in [0.15, 0.2) is 0 Å². The highest BCUT2D eigenvalue weighted by atomic mass is 33.1. The summed E-state index contributed by atoms with van der Waals surface area (Å²) in [5.41, 5.74) is 1.27. The van der Waals surface area contributed by atoms with E-state index in [-0.39, 0.29) is 17.2 Å². The molecule has 0 aliphatic heterocycles. The van der Waals surface area contributed by atoms with Crippen molar-refractivity contribution in [3.05, 3.63) is 103 Å². The Morgan fingerprint density at radius 1 is 0.543 bits per heavy atom. The van der Waals surface area contributed by atoms with E-state index in [9.17, 15) is 15.3 Å². The Bertz CT molecular complexity index is 1570. The molecule has 0 unspecified atom stereocenters. The van der Waals surface area contributed by atoms with E-state index in [1.807, 2.05) is 72.8 Å². The van der Waals surface area contributed by atoms with Gasteiger partial charge in [-0.25, -0.2) is 4.98 Å². The molecule has 172 valence electrons. The zero-order valence-electron chi connectivity index (χ0n) is 18.4. The van der Waals surface area contributed by atoms with Crippen molar-refractivity contribution < 1.29 is 15.3 Å². The van der Waals surface area contributed by atoms with Crippen LogP contribution in [0.5, 0.6) is 17.2 Å². The van der Waals surface area contributed by atoms with E-state index in [0.29, 0.717) is 11.0 Å². The van der Waals surface area contributed by atoms with Crippen molar-refractivity contribution in [3.8, 4) is 17.2 Å². The number of benzene rings is 4. The van der Waals surface area contributed by atoms with Gasteiger partial charge in [-0.15, -0.1) is 0 Å². The molecular formula is C28H20N2O3S2. The average molecular weight is 497 g/mol. The molecule has 6 aromatic rings. The van der Waals surface area contributed by atoms with Crippen molar-refractivity contribution in [2.45, 2.75) is 9.92 Å². The molecule has 0 bridgehead atoms. The molecule has 0 saturated heterocycles. The third-order valence-corrected chi connectivity index (χ3v) is 7.61. The van der Waals surface area contributed by atoms with E-state index in [1.165, 1.54) is 10.8 Å². The second-order valence-electron chi connectivity index (χ2n) is 7.68. The molecule has 4 aromatic carbocycles. The Morgan fingerprint density at radius 2 is 1.17 bits per heavy atom. The number of hydrogen-bond donors (Lipinski definition) is 3. The van der Waals surface area contributed by atoms with Gasteiger partial charge in [0.25, 0.3) is 0 Å². The van der Waals surface area contributed by atoms with E-state index in [4.69, 9.17) is 0 Å². The normalized spacial score (nSPS) is 10.9. The number of aromatic hydroxyl groups is 3. The first-order valence-electron chi connectivity index (χ1n) is 10.8. The maximum atomic E-state index is 9.97. The van der Waals surface area contributed by atoms with Crippen molar-refractivity contribution >= 4 is 54.2 Å². The van der Waals surface area contributed by atoms with E-state index in [0.717, 1.165) is 31.5 Å². The largest absolute Gasteiger partial charge is 0.507 e. The molecular weight excluding hydrogens is 476 g/mol. The van der Waals surface area contributed by atoms with Gasteiger partial charge >= 0.3 is 0 Å². The molecule has 2 heterocycles. The van der Waals surface area contributed by atoms with Gasteiger partial charge in [0.05, 0.1) is 0 Å². The van der Waals surface area contributed by atoms with Crippen molar-refractivity contribution in [2.24, 2.45) is 0 Å². The molecule has 0 atom stereocenters. The second kappa shape index (κ2) is 10.1. The predicted molar refractivity (Wildman–Crippen MR) is 144 cm³/mol. The van der Waals surface area contributed by atoms with E-state index in [1.54, 1.807) is 41.3 Å². The molecule has 3 N–H and O–H groups in total. The minimum absolute atomic E-state index is 0.190. The average Bonchev–Trinajstić information content (AvgIpc) is 2.89. The summed E-state index contributed by atoms with van der Waals surface area (Å²) in [6, 6.07) is 29.9. The first-order valence-corrected chi connectivity index (χ1v) is 12.9. The summed E-state index contributed by atoms with van der Waals surface area (Å²) in [6.45, 7) is 0. The molecule has 0 aliphatic rings. The summed E-state index contributed by atoms with van der Waals surface area (Å²) in [7, 11) is 3.10. The van der Waals surface area contributed by atoms with E-state index < -0.39 is 0 Å². The number of pyridine rings is 2. The Kier molecular flexibility index (Phi) is 6.61. The highest BCUT2D eigenvalue weighted by molar-refractivity contribution is 8.76. The summed E-state index contributed by atoms with van der Waals surface area (Å²) in [6.07, 6.45) is 1.67. The van der Waals surface area contributed by atoms with Gasteiger partial charge in [0.1, 0.15) is 33.3 Å². The van der Waals surface area contributed by atoms with Crippen LogP contribution in [0.15, 0.2) is 113 Å². The monoisotopic (exact) mass is 496 g/mol. The molecule has 0 fully saturated rings. The summed E-state index contributed by atoms with van der Waals surface area (Å²) in [5.74, 6) is 0.715. The molecule has 7 heteroatoms. The number of fused-ring (bicyclic) bond motifs is 3. The molecule has 2 aromatic heterocycles. The van der Waals surface area contributed by atoms with Gasteiger partial charge < -0.3 is 15.3 Å². The number of aromatic nitrogens is 2. The number of phenolic OH excluding ortho intramolecular Hbond substituents is 3. The Labute approximate surface area is 209 Å². The van der Waals surface area contributed by atoms with Crippen molar-refractivity contribution in [2.75, 3.05) is 0 Å². The molecule has 0 radical (unpaired) electrons. The SMILES string of the molecule is Oc1cccc2ccc(SSc3ccc4cccc(O)c4n3)cc12.Oc1cccc2cccnc12. The Hall–Kier alpha value is -3.94.